The third kappa shape index (κ3) is 6.19. The molecule has 0 radical (unpaired) electrons. The molecule has 0 amide bonds. The molecule has 3 aromatic heterocycles. The Balaban J connectivity index is 1.60. The molecule has 8 bridgehead atoms. The number of unbranched alkanes of at least 4 members (excludes halogenated alkanes) is 1. The van der Waals surface area contributed by atoms with Crippen molar-refractivity contribution in [3.63, 3.8) is 0 Å². The number of esters is 1. The number of rotatable bonds is 9. The third-order valence-electron chi connectivity index (χ3n) is 8.76. The van der Waals surface area contributed by atoms with Crippen molar-refractivity contribution >= 4 is 52.3 Å². The minimum absolute atomic E-state index is 0.212. The van der Waals surface area contributed by atoms with Crippen LogP contribution in [0.15, 0.2) is 84.9 Å². The monoisotopic (exact) mass is 618 g/mol. The van der Waals surface area contributed by atoms with Gasteiger partial charge in [-0.1, -0.05) is 74.0 Å². The molecule has 0 fully saturated rings. The molecule has 6 heteroatoms. The van der Waals surface area contributed by atoms with Gasteiger partial charge in [-0.2, -0.15) is 0 Å². The zero-order chi connectivity index (χ0) is 32.2. The topological polar surface area (TPSA) is 83.7 Å². The normalized spacial score (nSPS) is 12.0. The van der Waals surface area contributed by atoms with Crippen LogP contribution in [0.5, 0.6) is 0 Å². The second kappa shape index (κ2) is 13.5. The summed E-state index contributed by atoms with van der Waals surface area (Å²) in [4.78, 5) is 30.6. The standard InChI is InChI=1S/C41H38N4O2/c1-3-5-16-29-31-18-22-35(42-31)40(27-12-8-6-9-13-27)37-24-20-33(44-37)30(17-26-39(46)47-4-2)34-21-25-38(45-34)41(28-14-10-7-11-15-28)36-23-19-32(29)43-36/h6-15,18-25,44-45H,3-5,16-17,26H2,1-2H3. The van der Waals surface area contributed by atoms with Gasteiger partial charge in [0.2, 0.25) is 0 Å². The maximum atomic E-state index is 12.6. The number of nitrogens with one attached hydrogen (secondary N) is 2. The fraction of sp³-hybridized carbons (Fsp3) is 0.195. The molecule has 0 saturated heterocycles. The van der Waals surface area contributed by atoms with Gasteiger partial charge >= 0.3 is 5.97 Å². The van der Waals surface area contributed by atoms with E-state index in [2.05, 4.69) is 114 Å². The summed E-state index contributed by atoms with van der Waals surface area (Å²) in [6, 6.07) is 29.2. The van der Waals surface area contributed by atoms with E-state index >= 15 is 0 Å². The molecule has 5 aromatic rings. The van der Waals surface area contributed by atoms with Gasteiger partial charge in [-0.15, -0.1) is 0 Å². The first-order valence-corrected chi connectivity index (χ1v) is 16.5. The van der Waals surface area contributed by atoms with Gasteiger partial charge in [0.1, 0.15) is 0 Å². The first kappa shape index (κ1) is 30.2. The minimum atomic E-state index is -0.212. The molecule has 5 heterocycles. The van der Waals surface area contributed by atoms with Crippen LogP contribution in [0.3, 0.4) is 0 Å². The maximum absolute atomic E-state index is 12.6. The number of aromatic nitrogens is 4. The van der Waals surface area contributed by atoms with E-state index in [0.29, 0.717) is 13.0 Å². The van der Waals surface area contributed by atoms with E-state index in [1.165, 1.54) is 0 Å². The van der Waals surface area contributed by atoms with Crippen LogP contribution in [-0.4, -0.2) is 32.5 Å². The second-order valence-electron chi connectivity index (χ2n) is 11.9. The van der Waals surface area contributed by atoms with Gasteiger partial charge < -0.3 is 14.7 Å². The lowest BCUT2D eigenvalue weighted by Crippen LogP contribution is -2.05. The molecule has 7 rings (SSSR count). The van der Waals surface area contributed by atoms with Crippen LogP contribution < -0.4 is 0 Å². The van der Waals surface area contributed by atoms with Crippen molar-refractivity contribution in [1.82, 2.24) is 19.9 Å². The number of benzene rings is 2. The summed E-state index contributed by atoms with van der Waals surface area (Å²) in [5, 5.41) is 0. The number of H-pyrrole nitrogens is 2. The summed E-state index contributed by atoms with van der Waals surface area (Å²) < 4.78 is 5.31. The Morgan fingerprint density at radius 3 is 1.57 bits per heavy atom. The zero-order valence-corrected chi connectivity index (χ0v) is 26.8. The molecule has 0 aliphatic carbocycles. The first-order chi connectivity index (χ1) is 23.1. The van der Waals surface area contributed by atoms with E-state index in [0.717, 1.165) is 97.5 Å². The number of fused-ring (bicyclic) bond motifs is 8. The highest BCUT2D eigenvalue weighted by Crippen LogP contribution is 2.34. The Labute approximate surface area is 274 Å². The Bertz CT molecular complexity index is 2020. The largest absolute Gasteiger partial charge is 0.466 e. The molecule has 6 nitrogen and oxygen atoms in total. The summed E-state index contributed by atoms with van der Waals surface area (Å²) in [5.41, 5.74) is 13.9. The van der Waals surface area contributed by atoms with Crippen LogP contribution in [0.4, 0.5) is 0 Å². The molecule has 0 unspecified atom stereocenters. The van der Waals surface area contributed by atoms with E-state index in [9.17, 15) is 4.79 Å². The highest BCUT2D eigenvalue weighted by atomic mass is 16.5. The lowest BCUT2D eigenvalue weighted by molar-refractivity contribution is -0.143. The van der Waals surface area contributed by atoms with E-state index in [1.54, 1.807) is 0 Å². The molecular formula is C41H38N4O2. The lowest BCUT2D eigenvalue weighted by atomic mass is 10.0. The van der Waals surface area contributed by atoms with Crippen LogP contribution in [0.25, 0.3) is 68.6 Å². The molecule has 2 aromatic carbocycles. The molecule has 0 saturated carbocycles. The van der Waals surface area contributed by atoms with Crippen LogP contribution >= 0.6 is 0 Å². The molecule has 0 spiro atoms. The lowest BCUT2D eigenvalue weighted by Gasteiger charge is -2.06. The van der Waals surface area contributed by atoms with Crippen LogP contribution in [0.1, 0.15) is 67.0 Å². The molecule has 2 aliphatic rings. The zero-order valence-electron chi connectivity index (χ0n) is 26.8. The smallest absolute Gasteiger partial charge is 0.306 e. The van der Waals surface area contributed by atoms with Crippen molar-refractivity contribution in [2.24, 2.45) is 0 Å². The van der Waals surface area contributed by atoms with Gasteiger partial charge in [-0.05, 0) is 91.4 Å². The quantitative estimate of drug-likeness (QED) is 0.158. The van der Waals surface area contributed by atoms with Crippen LogP contribution in [0.2, 0.25) is 0 Å². The SMILES string of the molecule is CCCCc1c2nc(c(-c3ccccc3)c3ccc([nH]3)c(CCC(=O)OCC)c3ccc([nH]3)c(-c3ccccc3)c3nc1C=C3)C=C2. The fourth-order valence-corrected chi connectivity index (χ4v) is 6.48. The molecular weight excluding hydrogens is 580 g/mol. The second-order valence-corrected chi connectivity index (χ2v) is 11.9. The van der Waals surface area contributed by atoms with E-state index < -0.39 is 0 Å². The third-order valence-corrected chi connectivity index (χ3v) is 8.76. The average molecular weight is 619 g/mol. The Kier molecular flexibility index (Phi) is 8.65. The number of aryl methyl sites for hydroxylation is 1. The Morgan fingerprint density at radius 2 is 1.09 bits per heavy atom. The van der Waals surface area contributed by atoms with Crippen molar-refractivity contribution in [2.45, 2.75) is 46.0 Å². The number of aromatic amines is 2. The first-order valence-electron chi connectivity index (χ1n) is 16.5. The van der Waals surface area contributed by atoms with Gasteiger partial charge in [0.05, 0.1) is 29.4 Å². The van der Waals surface area contributed by atoms with Gasteiger partial charge in [-0.3, -0.25) is 4.79 Å². The number of carbonyl (C=O) groups is 1. The molecule has 2 aliphatic heterocycles. The van der Waals surface area contributed by atoms with Crippen molar-refractivity contribution in [1.29, 1.82) is 0 Å². The van der Waals surface area contributed by atoms with E-state index in [4.69, 9.17) is 14.7 Å². The van der Waals surface area contributed by atoms with E-state index in [-0.39, 0.29) is 12.4 Å². The predicted molar refractivity (Wildman–Crippen MR) is 193 cm³/mol. The van der Waals surface area contributed by atoms with Crippen molar-refractivity contribution in [2.75, 3.05) is 6.61 Å². The van der Waals surface area contributed by atoms with Gasteiger partial charge in [0, 0.05) is 45.2 Å². The number of hydrogen-bond donors (Lipinski definition) is 2. The number of ether oxygens (including phenoxy) is 1. The number of nitrogens with zero attached hydrogens (tertiary/aromatic N) is 2. The molecule has 0 atom stereocenters. The summed E-state index contributed by atoms with van der Waals surface area (Å²) in [6.07, 6.45) is 12.3. The van der Waals surface area contributed by atoms with Gasteiger partial charge in [-0.25, -0.2) is 9.97 Å². The van der Waals surface area contributed by atoms with Crippen LogP contribution in [0, 0.1) is 0 Å². The Hall–Kier alpha value is -5.49. The molecule has 47 heavy (non-hydrogen) atoms. The number of carbonyl (C=O) groups excluding carboxylic acids is 1. The Morgan fingerprint density at radius 1 is 0.596 bits per heavy atom. The van der Waals surface area contributed by atoms with E-state index in [1.807, 2.05) is 19.1 Å². The van der Waals surface area contributed by atoms with Gasteiger partial charge in [0.15, 0.2) is 0 Å². The van der Waals surface area contributed by atoms with Crippen molar-refractivity contribution in [3.8, 4) is 22.3 Å². The molecule has 234 valence electrons. The highest BCUT2D eigenvalue weighted by Gasteiger charge is 2.18. The summed E-state index contributed by atoms with van der Waals surface area (Å²) in [5.74, 6) is -0.212. The van der Waals surface area contributed by atoms with Gasteiger partial charge in [0.25, 0.3) is 0 Å². The minimum Gasteiger partial charge on any atom is -0.466 e. The maximum Gasteiger partial charge on any atom is 0.306 e. The number of hydrogen-bond acceptors (Lipinski definition) is 4. The summed E-state index contributed by atoms with van der Waals surface area (Å²) in [6.45, 7) is 4.42. The highest BCUT2D eigenvalue weighted by molar-refractivity contribution is 5.94. The predicted octanol–water partition coefficient (Wildman–Crippen LogP) is 9.83. The summed E-state index contributed by atoms with van der Waals surface area (Å²) >= 11 is 0. The van der Waals surface area contributed by atoms with Crippen molar-refractivity contribution < 1.29 is 9.53 Å². The van der Waals surface area contributed by atoms with Crippen LogP contribution in [-0.2, 0) is 22.4 Å². The summed E-state index contributed by atoms with van der Waals surface area (Å²) in [7, 11) is 0. The fourth-order valence-electron chi connectivity index (χ4n) is 6.48. The molecule has 2 N–H and O–H groups in total. The van der Waals surface area contributed by atoms with Crippen molar-refractivity contribution in [3.05, 3.63) is 119 Å². The average Bonchev–Trinajstić information content (AvgIpc) is 3.93.